The van der Waals surface area contributed by atoms with E-state index in [-0.39, 0.29) is 0 Å². The maximum atomic E-state index is 5.66. The summed E-state index contributed by atoms with van der Waals surface area (Å²) in [6.45, 7) is 6.33. The van der Waals surface area contributed by atoms with Gasteiger partial charge in [-0.15, -0.1) is 0 Å². The number of ether oxygens (including phenoxy) is 1. The lowest BCUT2D eigenvalue weighted by Crippen LogP contribution is -2.28. The van der Waals surface area contributed by atoms with Crippen molar-refractivity contribution in [3.05, 3.63) is 0 Å². The Morgan fingerprint density at radius 3 is 2.77 bits per heavy atom. The third kappa shape index (κ3) is 6.05. The molecule has 0 saturated heterocycles. The second-order valence-electron chi connectivity index (χ2n) is 4.07. The quantitative estimate of drug-likeness (QED) is 0.586. The van der Waals surface area contributed by atoms with Crippen LogP contribution in [-0.2, 0) is 4.74 Å². The van der Waals surface area contributed by atoms with Gasteiger partial charge in [0.1, 0.15) is 0 Å². The first-order valence-corrected chi connectivity index (χ1v) is 5.68. The highest BCUT2D eigenvalue weighted by Gasteiger charge is 2.20. The molecule has 1 fully saturated rings. The number of unbranched alkanes of at least 4 members (excludes halogenated alkanes) is 2. The molecule has 2 nitrogen and oxygen atoms in total. The molecule has 0 amide bonds. The van der Waals surface area contributed by atoms with Crippen molar-refractivity contribution >= 4 is 0 Å². The van der Waals surface area contributed by atoms with Crippen molar-refractivity contribution in [3.8, 4) is 0 Å². The van der Waals surface area contributed by atoms with Crippen LogP contribution in [0.5, 0.6) is 0 Å². The number of rotatable bonds is 8. The Morgan fingerprint density at radius 1 is 1.38 bits per heavy atom. The summed E-state index contributed by atoms with van der Waals surface area (Å²) in [6.07, 6.45) is 6.90. The smallest absolute Gasteiger partial charge is 0.0671 e. The van der Waals surface area contributed by atoms with Crippen LogP contribution in [0.2, 0.25) is 0 Å². The van der Waals surface area contributed by atoms with Gasteiger partial charge in [0.25, 0.3) is 0 Å². The van der Waals surface area contributed by atoms with Crippen LogP contribution in [0.1, 0.15) is 46.0 Å². The number of nitrogens with one attached hydrogen (secondary N) is 1. The third-order valence-electron chi connectivity index (χ3n) is 2.42. The van der Waals surface area contributed by atoms with Crippen molar-refractivity contribution in [2.24, 2.45) is 0 Å². The van der Waals surface area contributed by atoms with Gasteiger partial charge < -0.3 is 10.1 Å². The maximum Gasteiger partial charge on any atom is 0.0671 e. The lowest BCUT2D eigenvalue weighted by atomic mass is 10.3. The summed E-state index contributed by atoms with van der Waals surface area (Å²) in [5, 5.41) is 3.47. The van der Waals surface area contributed by atoms with Crippen LogP contribution in [0, 0.1) is 0 Å². The first-order chi connectivity index (χ1) is 6.33. The summed E-state index contributed by atoms with van der Waals surface area (Å²) in [6, 6.07) is 0.807. The third-order valence-corrected chi connectivity index (χ3v) is 2.42. The molecule has 0 aromatic heterocycles. The number of hydrogen-bond donors (Lipinski definition) is 1. The molecule has 0 spiro atoms. The van der Waals surface area contributed by atoms with Crippen LogP contribution < -0.4 is 5.32 Å². The van der Waals surface area contributed by atoms with Gasteiger partial charge in [-0.05, 0) is 26.2 Å². The topological polar surface area (TPSA) is 21.3 Å². The molecule has 78 valence electrons. The molecule has 1 rings (SSSR count). The SMILES string of the molecule is CCCCCOC(C)CNC1CC1. The standard InChI is InChI=1S/C11H23NO/c1-3-4-5-8-13-10(2)9-12-11-6-7-11/h10-12H,3-9H2,1-2H3. The predicted octanol–water partition coefficient (Wildman–Crippen LogP) is 2.33. The molecule has 1 unspecified atom stereocenters. The molecule has 1 aliphatic rings. The van der Waals surface area contributed by atoms with Gasteiger partial charge in [-0.3, -0.25) is 0 Å². The molecule has 0 radical (unpaired) electrons. The largest absolute Gasteiger partial charge is 0.377 e. The zero-order valence-electron chi connectivity index (χ0n) is 9.01. The van der Waals surface area contributed by atoms with E-state index in [2.05, 4.69) is 19.2 Å². The zero-order valence-corrected chi connectivity index (χ0v) is 9.01. The van der Waals surface area contributed by atoms with Crippen molar-refractivity contribution < 1.29 is 4.74 Å². The molecule has 1 saturated carbocycles. The number of hydrogen-bond acceptors (Lipinski definition) is 2. The summed E-state index contributed by atoms with van der Waals surface area (Å²) >= 11 is 0. The second-order valence-corrected chi connectivity index (χ2v) is 4.07. The molecule has 1 atom stereocenters. The van der Waals surface area contributed by atoms with Gasteiger partial charge in [0.05, 0.1) is 6.10 Å². The van der Waals surface area contributed by atoms with E-state index in [4.69, 9.17) is 4.74 Å². The van der Waals surface area contributed by atoms with Crippen LogP contribution in [0.3, 0.4) is 0 Å². The fraction of sp³-hybridized carbons (Fsp3) is 1.00. The second kappa shape index (κ2) is 6.39. The first-order valence-electron chi connectivity index (χ1n) is 5.68. The van der Waals surface area contributed by atoms with Crippen LogP contribution >= 0.6 is 0 Å². The Labute approximate surface area is 82.0 Å². The fourth-order valence-corrected chi connectivity index (χ4v) is 1.32. The van der Waals surface area contributed by atoms with Gasteiger partial charge in [-0.2, -0.15) is 0 Å². The van der Waals surface area contributed by atoms with E-state index in [1.165, 1.54) is 32.1 Å². The molecule has 0 aliphatic heterocycles. The van der Waals surface area contributed by atoms with E-state index < -0.39 is 0 Å². The monoisotopic (exact) mass is 185 g/mol. The molecule has 13 heavy (non-hydrogen) atoms. The summed E-state index contributed by atoms with van der Waals surface area (Å²) < 4.78 is 5.66. The first kappa shape index (κ1) is 11.0. The minimum atomic E-state index is 0.387. The molecule has 0 heterocycles. The van der Waals surface area contributed by atoms with Crippen LogP contribution in [0.4, 0.5) is 0 Å². The van der Waals surface area contributed by atoms with Gasteiger partial charge in [-0.25, -0.2) is 0 Å². The molecule has 1 N–H and O–H groups in total. The molecule has 0 bridgehead atoms. The van der Waals surface area contributed by atoms with E-state index >= 15 is 0 Å². The maximum absolute atomic E-state index is 5.66. The summed E-state index contributed by atoms with van der Waals surface area (Å²) in [5.74, 6) is 0. The van der Waals surface area contributed by atoms with E-state index in [0.29, 0.717) is 6.10 Å². The minimum Gasteiger partial charge on any atom is -0.377 e. The Hall–Kier alpha value is -0.0800. The van der Waals surface area contributed by atoms with E-state index in [1.807, 2.05) is 0 Å². The van der Waals surface area contributed by atoms with Gasteiger partial charge in [0.15, 0.2) is 0 Å². The molecular weight excluding hydrogens is 162 g/mol. The highest BCUT2D eigenvalue weighted by molar-refractivity contribution is 4.81. The highest BCUT2D eigenvalue weighted by Crippen LogP contribution is 2.18. The van der Waals surface area contributed by atoms with Crippen LogP contribution in [-0.4, -0.2) is 25.3 Å². The van der Waals surface area contributed by atoms with Crippen molar-refractivity contribution in [2.45, 2.75) is 58.1 Å². The van der Waals surface area contributed by atoms with Gasteiger partial charge >= 0.3 is 0 Å². The van der Waals surface area contributed by atoms with E-state index in [0.717, 1.165) is 19.2 Å². The van der Waals surface area contributed by atoms with Crippen molar-refractivity contribution in [2.75, 3.05) is 13.2 Å². The predicted molar refractivity (Wildman–Crippen MR) is 56.0 cm³/mol. The molecule has 0 aromatic carbocycles. The van der Waals surface area contributed by atoms with Gasteiger partial charge in [0.2, 0.25) is 0 Å². The molecule has 2 heteroatoms. The highest BCUT2D eigenvalue weighted by atomic mass is 16.5. The Balaban J connectivity index is 1.81. The van der Waals surface area contributed by atoms with Gasteiger partial charge in [-0.1, -0.05) is 19.8 Å². The Bertz CT molecular complexity index is 123. The normalized spacial score (nSPS) is 18.9. The summed E-state index contributed by atoms with van der Waals surface area (Å²) in [7, 11) is 0. The molecule has 0 aromatic rings. The summed E-state index contributed by atoms with van der Waals surface area (Å²) in [4.78, 5) is 0. The van der Waals surface area contributed by atoms with Crippen LogP contribution in [0.15, 0.2) is 0 Å². The Morgan fingerprint density at radius 2 is 2.15 bits per heavy atom. The minimum absolute atomic E-state index is 0.387. The Kier molecular flexibility index (Phi) is 5.40. The lowest BCUT2D eigenvalue weighted by Gasteiger charge is -2.13. The average molecular weight is 185 g/mol. The molecule has 1 aliphatic carbocycles. The van der Waals surface area contributed by atoms with E-state index in [9.17, 15) is 0 Å². The average Bonchev–Trinajstić information content (AvgIpc) is 2.92. The lowest BCUT2D eigenvalue weighted by molar-refractivity contribution is 0.0630. The molecular formula is C11H23NO. The fourth-order valence-electron chi connectivity index (χ4n) is 1.32. The van der Waals surface area contributed by atoms with Crippen molar-refractivity contribution in [1.29, 1.82) is 0 Å². The summed E-state index contributed by atoms with van der Waals surface area (Å²) in [5.41, 5.74) is 0. The zero-order chi connectivity index (χ0) is 9.52. The van der Waals surface area contributed by atoms with Gasteiger partial charge in [0, 0.05) is 19.2 Å². The van der Waals surface area contributed by atoms with E-state index in [1.54, 1.807) is 0 Å². The van der Waals surface area contributed by atoms with Crippen LogP contribution in [0.25, 0.3) is 0 Å². The van der Waals surface area contributed by atoms with Crippen molar-refractivity contribution in [3.63, 3.8) is 0 Å². The van der Waals surface area contributed by atoms with Crippen molar-refractivity contribution in [1.82, 2.24) is 5.32 Å².